The number of aromatic nitrogens is 3. The second-order valence-electron chi connectivity index (χ2n) is 6.32. The average molecular weight is 437 g/mol. The van der Waals surface area contributed by atoms with Crippen LogP contribution in [0.2, 0.25) is 0 Å². The molecule has 2 N–H and O–H groups in total. The van der Waals surface area contributed by atoms with Gasteiger partial charge in [0.1, 0.15) is 15.8 Å². The normalized spacial score (nSPS) is 11.5. The number of hydrazine groups is 1. The van der Waals surface area contributed by atoms with Gasteiger partial charge in [0, 0.05) is 11.8 Å². The van der Waals surface area contributed by atoms with Crippen LogP contribution in [0.5, 0.6) is 0 Å². The molecule has 30 heavy (non-hydrogen) atoms. The number of thiol groups is 1. The number of pyridine rings is 1. The summed E-state index contributed by atoms with van der Waals surface area (Å²) >= 11 is 9.08. The zero-order valence-corrected chi connectivity index (χ0v) is 17.4. The molecular weight excluding hydrogens is 419 g/mol. The largest absolute Gasteiger partial charge is 0.284 e. The van der Waals surface area contributed by atoms with Crippen LogP contribution in [0.1, 0.15) is 11.3 Å². The Labute approximate surface area is 183 Å². The van der Waals surface area contributed by atoms with Crippen molar-refractivity contribution in [3.63, 3.8) is 0 Å². The molecule has 150 valence electrons. The number of para-hydroxylation sites is 1. The van der Waals surface area contributed by atoms with Gasteiger partial charge in [-0.3, -0.25) is 10.9 Å². The highest BCUT2D eigenvalue weighted by Gasteiger charge is 2.18. The highest BCUT2D eigenvalue weighted by Crippen LogP contribution is 2.20. The lowest BCUT2D eigenvalue weighted by Gasteiger charge is -2.09. The van der Waals surface area contributed by atoms with E-state index in [-0.39, 0.29) is 16.7 Å². The van der Waals surface area contributed by atoms with Gasteiger partial charge in [-0.05, 0) is 30.3 Å². The number of aliphatic imine (C=N–C) groups is 1. The van der Waals surface area contributed by atoms with Gasteiger partial charge in [0.05, 0.1) is 17.6 Å². The van der Waals surface area contributed by atoms with E-state index in [1.54, 1.807) is 29.1 Å². The Morgan fingerprint density at radius 2 is 1.80 bits per heavy atom. The molecule has 0 aliphatic carbocycles. The van der Waals surface area contributed by atoms with Crippen molar-refractivity contribution in [3.05, 3.63) is 90.0 Å². The number of hydrogen-bond donors (Lipinski definition) is 3. The third-order valence-corrected chi connectivity index (χ3v) is 4.51. The SMILES string of the molecule is Fc1ccccc1Cn1nc(C(=Nc2ccccc2)NNC(=S)S)c2cccnc21. The van der Waals surface area contributed by atoms with Crippen LogP contribution in [0.3, 0.4) is 0 Å². The molecule has 6 nitrogen and oxygen atoms in total. The van der Waals surface area contributed by atoms with Crippen molar-refractivity contribution in [2.45, 2.75) is 6.54 Å². The molecule has 0 aliphatic heterocycles. The molecule has 0 radical (unpaired) electrons. The maximum Gasteiger partial charge on any atom is 0.173 e. The predicted octanol–water partition coefficient (Wildman–Crippen LogP) is 4.01. The molecule has 0 bridgehead atoms. The molecule has 4 aromatic rings. The molecule has 0 aliphatic rings. The van der Waals surface area contributed by atoms with Gasteiger partial charge in [0.15, 0.2) is 11.5 Å². The van der Waals surface area contributed by atoms with Crippen molar-refractivity contribution in [2.24, 2.45) is 4.99 Å². The first-order valence-electron chi connectivity index (χ1n) is 9.06. The third kappa shape index (κ3) is 4.47. The Hall–Kier alpha value is -3.30. The van der Waals surface area contributed by atoms with Crippen molar-refractivity contribution in [1.82, 2.24) is 25.6 Å². The van der Waals surface area contributed by atoms with E-state index in [0.717, 1.165) is 11.1 Å². The summed E-state index contributed by atoms with van der Waals surface area (Å²) in [6.07, 6.45) is 1.67. The van der Waals surface area contributed by atoms with E-state index in [0.29, 0.717) is 22.7 Å². The molecule has 2 heterocycles. The number of nitrogens with zero attached hydrogens (tertiary/aromatic N) is 4. The lowest BCUT2D eigenvalue weighted by Crippen LogP contribution is -2.39. The maximum atomic E-state index is 14.2. The van der Waals surface area contributed by atoms with Gasteiger partial charge in [0.2, 0.25) is 0 Å². The van der Waals surface area contributed by atoms with E-state index in [4.69, 9.17) is 12.2 Å². The first-order valence-corrected chi connectivity index (χ1v) is 9.91. The van der Waals surface area contributed by atoms with Gasteiger partial charge in [-0.25, -0.2) is 19.0 Å². The van der Waals surface area contributed by atoms with E-state index >= 15 is 0 Å². The van der Waals surface area contributed by atoms with Crippen molar-refractivity contribution >= 4 is 51.7 Å². The zero-order chi connectivity index (χ0) is 20.9. The van der Waals surface area contributed by atoms with Crippen LogP contribution < -0.4 is 10.9 Å². The van der Waals surface area contributed by atoms with Crippen LogP contribution in [0.25, 0.3) is 11.0 Å². The summed E-state index contributed by atoms with van der Waals surface area (Å²) in [6, 6.07) is 19.8. The summed E-state index contributed by atoms with van der Waals surface area (Å²) in [5, 5.41) is 5.45. The molecule has 0 atom stereocenters. The Balaban J connectivity index is 1.82. The van der Waals surface area contributed by atoms with Crippen molar-refractivity contribution in [3.8, 4) is 0 Å². The Morgan fingerprint density at radius 1 is 1.03 bits per heavy atom. The molecule has 0 amide bonds. The number of hydrogen-bond acceptors (Lipinski definition) is 4. The van der Waals surface area contributed by atoms with Crippen molar-refractivity contribution in [1.29, 1.82) is 0 Å². The standard InChI is InChI=1S/C21H17FN6S2/c22-17-11-5-4-7-14(17)13-28-20-16(10-6-12-23-20)18(27-28)19(25-26-21(29)30)24-15-8-2-1-3-9-15/h1-12H,13H2,(H,24,25)(H2,26,29,30). The highest BCUT2D eigenvalue weighted by atomic mass is 32.1. The van der Waals surface area contributed by atoms with Crippen LogP contribution in [0.4, 0.5) is 10.1 Å². The maximum absolute atomic E-state index is 14.2. The summed E-state index contributed by atoms with van der Waals surface area (Å²) in [6.45, 7) is 0.233. The van der Waals surface area contributed by atoms with E-state index in [2.05, 4.69) is 38.6 Å². The van der Waals surface area contributed by atoms with Gasteiger partial charge in [-0.15, -0.1) is 12.6 Å². The summed E-state index contributed by atoms with van der Waals surface area (Å²) in [5.41, 5.74) is 8.17. The quantitative estimate of drug-likeness (QED) is 0.148. The first-order chi connectivity index (χ1) is 14.6. The minimum absolute atomic E-state index is 0.233. The number of amidine groups is 1. The fourth-order valence-electron chi connectivity index (χ4n) is 2.97. The van der Waals surface area contributed by atoms with Crippen LogP contribution in [0.15, 0.2) is 77.9 Å². The summed E-state index contributed by atoms with van der Waals surface area (Å²) in [7, 11) is 0. The van der Waals surface area contributed by atoms with Gasteiger partial charge in [-0.2, -0.15) is 5.10 Å². The van der Waals surface area contributed by atoms with Gasteiger partial charge in [0.25, 0.3) is 0 Å². The molecular formula is C21H17FN6S2. The second kappa shape index (κ2) is 9.02. The molecule has 0 unspecified atom stereocenters. The number of thiocarbonyl (C=S) groups is 1. The lowest BCUT2D eigenvalue weighted by molar-refractivity contribution is 0.588. The minimum atomic E-state index is -0.294. The highest BCUT2D eigenvalue weighted by molar-refractivity contribution is 8.11. The Morgan fingerprint density at radius 3 is 2.57 bits per heavy atom. The zero-order valence-electron chi connectivity index (χ0n) is 15.7. The molecule has 2 aromatic heterocycles. The van der Waals surface area contributed by atoms with Crippen molar-refractivity contribution < 1.29 is 4.39 Å². The summed E-state index contributed by atoms with van der Waals surface area (Å²) in [4.78, 5) is 9.11. The smallest absolute Gasteiger partial charge is 0.173 e. The molecule has 2 aromatic carbocycles. The number of benzene rings is 2. The van der Waals surface area contributed by atoms with E-state index in [1.807, 2.05) is 42.5 Å². The molecule has 0 saturated heterocycles. The van der Waals surface area contributed by atoms with Gasteiger partial charge in [-0.1, -0.05) is 48.6 Å². The lowest BCUT2D eigenvalue weighted by atomic mass is 10.2. The third-order valence-electron chi connectivity index (χ3n) is 4.29. The van der Waals surface area contributed by atoms with Gasteiger partial charge >= 0.3 is 0 Å². The second-order valence-corrected chi connectivity index (χ2v) is 7.48. The molecule has 0 saturated carbocycles. The minimum Gasteiger partial charge on any atom is -0.284 e. The Kier molecular flexibility index (Phi) is 6.01. The molecule has 4 rings (SSSR count). The van der Waals surface area contributed by atoms with Crippen LogP contribution in [-0.2, 0) is 6.54 Å². The van der Waals surface area contributed by atoms with Crippen LogP contribution in [-0.4, -0.2) is 24.9 Å². The number of rotatable bonds is 4. The topological polar surface area (TPSA) is 67.1 Å². The van der Waals surface area contributed by atoms with Gasteiger partial charge < -0.3 is 0 Å². The predicted molar refractivity (Wildman–Crippen MR) is 124 cm³/mol. The fraction of sp³-hybridized carbons (Fsp3) is 0.0476. The molecule has 9 heteroatoms. The summed E-state index contributed by atoms with van der Waals surface area (Å²) < 4.78 is 16.1. The van der Waals surface area contributed by atoms with E-state index in [9.17, 15) is 4.39 Å². The molecule has 0 fully saturated rings. The number of fused-ring (bicyclic) bond motifs is 1. The number of halogens is 1. The Bertz CT molecular complexity index is 1220. The monoisotopic (exact) mass is 436 g/mol. The van der Waals surface area contributed by atoms with E-state index in [1.165, 1.54) is 6.07 Å². The van der Waals surface area contributed by atoms with E-state index < -0.39 is 0 Å². The fourth-order valence-corrected chi connectivity index (χ4v) is 3.07. The summed E-state index contributed by atoms with van der Waals surface area (Å²) in [5.74, 6) is 0.139. The van der Waals surface area contributed by atoms with Crippen molar-refractivity contribution in [2.75, 3.05) is 0 Å². The first kappa shape index (κ1) is 20.0. The average Bonchev–Trinajstić information content (AvgIpc) is 3.12. The van der Waals surface area contributed by atoms with Crippen LogP contribution >= 0.6 is 24.8 Å². The van der Waals surface area contributed by atoms with Crippen LogP contribution in [0, 0.1) is 5.82 Å². The number of nitrogens with one attached hydrogen (secondary N) is 2. The molecule has 0 spiro atoms.